The average molecular weight is 356 g/mol. The number of amides is 1. The topological polar surface area (TPSA) is 20.3 Å². The lowest BCUT2D eigenvalue weighted by Gasteiger charge is -2.43. The Kier molecular flexibility index (Phi) is 5.64. The van der Waals surface area contributed by atoms with Crippen LogP contribution in [-0.4, -0.2) is 28.7 Å². The number of piperidine rings is 1. The molecule has 2 aliphatic carbocycles. The molecule has 4 unspecified atom stereocenters. The van der Waals surface area contributed by atoms with Crippen LogP contribution < -0.4 is 0 Å². The van der Waals surface area contributed by atoms with Gasteiger partial charge < -0.3 is 4.90 Å². The van der Waals surface area contributed by atoms with Crippen LogP contribution in [0.25, 0.3) is 0 Å². The zero-order valence-electron chi connectivity index (χ0n) is 13.2. The van der Waals surface area contributed by atoms with Crippen molar-refractivity contribution in [3.8, 4) is 0 Å². The molecule has 2 saturated carbocycles. The lowest BCUT2D eigenvalue weighted by molar-refractivity contribution is -0.141. The van der Waals surface area contributed by atoms with Crippen LogP contribution in [0.1, 0.15) is 70.6 Å². The molecule has 0 N–H and O–H groups in total. The number of nitrogens with zero attached hydrogens (tertiary/aromatic N) is 1. The van der Waals surface area contributed by atoms with E-state index in [-0.39, 0.29) is 0 Å². The summed E-state index contributed by atoms with van der Waals surface area (Å²) in [7, 11) is 0. The van der Waals surface area contributed by atoms with E-state index in [9.17, 15) is 4.79 Å². The average Bonchev–Trinajstić information content (AvgIpc) is 2.54. The van der Waals surface area contributed by atoms with Gasteiger partial charge in [0, 0.05) is 23.8 Å². The van der Waals surface area contributed by atoms with Gasteiger partial charge in [0.2, 0.25) is 5.91 Å². The number of carbonyl (C=O) groups excluding carboxylic acids is 1. The van der Waals surface area contributed by atoms with E-state index in [0.717, 1.165) is 36.6 Å². The summed E-state index contributed by atoms with van der Waals surface area (Å²) in [5.41, 5.74) is 0. The summed E-state index contributed by atoms with van der Waals surface area (Å²) >= 11 is 3.57. The van der Waals surface area contributed by atoms with Crippen LogP contribution in [-0.2, 0) is 4.79 Å². The second kappa shape index (κ2) is 7.48. The zero-order chi connectivity index (χ0) is 14.7. The van der Waals surface area contributed by atoms with E-state index >= 15 is 0 Å². The van der Waals surface area contributed by atoms with Gasteiger partial charge >= 0.3 is 0 Å². The van der Waals surface area contributed by atoms with Gasteiger partial charge in [0.05, 0.1) is 0 Å². The molecule has 0 bridgehead atoms. The van der Waals surface area contributed by atoms with E-state index in [1.807, 2.05) is 0 Å². The number of halogens is 1. The van der Waals surface area contributed by atoms with Gasteiger partial charge in [-0.25, -0.2) is 0 Å². The van der Waals surface area contributed by atoms with Gasteiger partial charge in [-0.3, -0.25) is 4.79 Å². The number of likely N-dealkylation sites (tertiary alicyclic amines) is 1. The Labute approximate surface area is 138 Å². The maximum atomic E-state index is 13.0. The maximum Gasteiger partial charge on any atom is 0.225 e. The molecule has 2 nitrogen and oxygen atoms in total. The predicted molar refractivity (Wildman–Crippen MR) is 90.6 cm³/mol. The molecule has 1 saturated heterocycles. The lowest BCUT2D eigenvalue weighted by Crippen LogP contribution is -2.48. The number of fused-ring (bicyclic) bond motifs is 1. The van der Waals surface area contributed by atoms with Gasteiger partial charge in [-0.1, -0.05) is 41.6 Å². The molecule has 0 aromatic carbocycles. The third-order valence-electron chi connectivity index (χ3n) is 6.24. The molecule has 1 heterocycles. The Bertz CT molecular complexity index is 357. The maximum absolute atomic E-state index is 13.0. The first-order valence-electron chi connectivity index (χ1n) is 9.16. The zero-order valence-corrected chi connectivity index (χ0v) is 14.8. The number of alkyl halides is 1. The molecule has 0 aromatic rings. The minimum Gasteiger partial charge on any atom is -0.339 e. The van der Waals surface area contributed by atoms with E-state index < -0.39 is 0 Å². The number of rotatable bonds is 3. The SMILES string of the molecule is O=C(C1CCC2CCCCC2C1)N1CCCCC1CCBr. The highest BCUT2D eigenvalue weighted by atomic mass is 79.9. The summed E-state index contributed by atoms with van der Waals surface area (Å²) in [4.78, 5) is 15.3. The molecule has 3 rings (SSSR count). The van der Waals surface area contributed by atoms with Crippen molar-refractivity contribution in [2.45, 2.75) is 76.7 Å². The molecule has 4 atom stereocenters. The first-order valence-corrected chi connectivity index (χ1v) is 10.3. The van der Waals surface area contributed by atoms with E-state index in [0.29, 0.717) is 17.9 Å². The van der Waals surface area contributed by atoms with Crippen molar-refractivity contribution in [3.63, 3.8) is 0 Å². The monoisotopic (exact) mass is 355 g/mol. The van der Waals surface area contributed by atoms with Gasteiger partial charge in [-0.05, 0) is 56.8 Å². The Morgan fingerprint density at radius 3 is 2.52 bits per heavy atom. The molecule has 3 fully saturated rings. The van der Waals surface area contributed by atoms with Crippen LogP contribution in [0.2, 0.25) is 0 Å². The second-order valence-electron chi connectivity index (χ2n) is 7.47. The Balaban J connectivity index is 1.61. The van der Waals surface area contributed by atoms with Gasteiger partial charge in [0.1, 0.15) is 0 Å². The summed E-state index contributed by atoms with van der Waals surface area (Å²) in [5, 5.41) is 1.02. The first-order chi connectivity index (χ1) is 10.3. The minimum atomic E-state index is 0.347. The van der Waals surface area contributed by atoms with Gasteiger partial charge in [0.15, 0.2) is 0 Å². The van der Waals surface area contributed by atoms with Crippen LogP contribution >= 0.6 is 15.9 Å². The van der Waals surface area contributed by atoms with E-state index in [4.69, 9.17) is 0 Å². The highest BCUT2D eigenvalue weighted by Crippen LogP contribution is 2.43. The fraction of sp³-hybridized carbons (Fsp3) is 0.944. The predicted octanol–water partition coefficient (Wildman–Crippen LogP) is 4.76. The standard InChI is InChI=1S/C18H30BrNO/c19-11-10-17-7-3-4-12-20(17)18(21)16-9-8-14-5-1-2-6-15(14)13-16/h14-17H,1-13H2. The van der Waals surface area contributed by atoms with Crippen molar-refractivity contribution in [1.82, 2.24) is 4.90 Å². The molecule has 21 heavy (non-hydrogen) atoms. The van der Waals surface area contributed by atoms with Crippen molar-refractivity contribution < 1.29 is 4.79 Å². The minimum absolute atomic E-state index is 0.347. The van der Waals surface area contributed by atoms with E-state index in [1.165, 1.54) is 57.8 Å². The molecular formula is C18H30BrNO. The smallest absolute Gasteiger partial charge is 0.225 e. The summed E-state index contributed by atoms with van der Waals surface area (Å²) < 4.78 is 0. The molecule has 1 amide bonds. The number of carbonyl (C=O) groups is 1. The molecule has 3 aliphatic rings. The molecule has 0 radical (unpaired) electrons. The van der Waals surface area contributed by atoms with Gasteiger partial charge in [0.25, 0.3) is 0 Å². The summed E-state index contributed by atoms with van der Waals surface area (Å²) in [6.45, 7) is 1.01. The molecule has 1 aliphatic heterocycles. The second-order valence-corrected chi connectivity index (χ2v) is 8.27. The molecule has 0 spiro atoms. The van der Waals surface area contributed by atoms with Crippen LogP contribution in [0.15, 0.2) is 0 Å². The number of hydrogen-bond donors (Lipinski definition) is 0. The molecule has 120 valence electrons. The number of hydrogen-bond acceptors (Lipinski definition) is 1. The van der Waals surface area contributed by atoms with Crippen LogP contribution in [0.3, 0.4) is 0 Å². The van der Waals surface area contributed by atoms with E-state index in [1.54, 1.807) is 0 Å². The largest absolute Gasteiger partial charge is 0.339 e. The van der Waals surface area contributed by atoms with Crippen molar-refractivity contribution in [2.24, 2.45) is 17.8 Å². The van der Waals surface area contributed by atoms with Crippen LogP contribution in [0.5, 0.6) is 0 Å². The summed E-state index contributed by atoms with van der Waals surface area (Å²) in [6, 6.07) is 0.509. The van der Waals surface area contributed by atoms with Gasteiger partial charge in [-0.15, -0.1) is 0 Å². The Morgan fingerprint density at radius 1 is 0.952 bits per heavy atom. The third-order valence-corrected chi connectivity index (χ3v) is 6.70. The summed E-state index contributed by atoms with van der Waals surface area (Å²) in [6.07, 6.45) is 14.2. The van der Waals surface area contributed by atoms with Crippen molar-refractivity contribution in [2.75, 3.05) is 11.9 Å². The van der Waals surface area contributed by atoms with Crippen molar-refractivity contribution >= 4 is 21.8 Å². The normalized spacial score (nSPS) is 37.1. The van der Waals surface area contributed by atoms with Gasteiger partial charge in [-0.2, -0.15) is 0 Å². The molecule has 3 heteroatoms. The Hall–Kier alpha value is -0.0500. The highest BCUT2D eigenvalue weighted by molar-refractivity contribution is 9.09. The quantitative estimate of drug-likeness (QED) is 0.668. The molecular weight excluding hydrogens is 326 g/mol. The fourth-order valence-corrected chi connectivity index (χ4v) is 5.58. The van der Waals surface area contributed by atoms with Crippen molar-refractivity contribution in [3.05, 3.63) is 0 Å². The summed E-state index contributed by atoms with van der Waals surface area (Å²) in [5.74, 6) is 2.66. The highest BCUT2D eigenvalue weighted by Gasteiger charge is 2.38. The van der Waals surface area contributed by atoms with Crippen LogP contribution in [0, 0.1) is 17.8 Å². The molecule has 0 aromatic heterocycles. The third kappa shape index (κ3) is 3.65. The van der Waals surface area contributed by atoms with Crippen LogP contribution in [0.4, 0.5) is 0 Å². The lowest BCUT2D eigenvalue weighted by atomic mass is 9.67. The van der Waals surface area contributed by atoms with Crippen molar-refractivity contribution in [1.29, 1.82) is 0 Å². The Morgan fingerprint density at radius 2 is 1.71 bits per heavy atom. The fourth-order valence-electron chi connectivity index (χ4n) is 5.05. The first kappa shape index (κ1) is 15.8. The van der Waals surface area contributed by atoms with E-state index in [2.05, 4.69) is 20.8 Å².